The summed E-state index contributed by atoms with van der Waals surface area (Å²) in [4.78, 5) is 0. The molecule has 18 heavy (non-hydrogen) atoms. The van der Waals surface area contributed by atoms with Crippen LogP contribution >= 0.6 is 15.9 Å². The average molecular weight is 324 g/mol. The van der Waals surface area contributed by atoms with Crippen LogP contribution in [-0.2, 0) is 6.18 Å². The summed E-state index contributed by atoms with van der Waals surface area (Å²) >= 11 is 3.09. The highest BCUT2D eigenvalue weighted by Crippen LogP contribution is 2.37. The third kappa shape index (κ3) is 3.99. The van der Waals surface area contributed by atoms with E-state index in [2.05, 4.69) is 21.2 Å². The molecule has 1 rings (SSSR count). The van der Waals surface area contributed by atoms with Gasteiger partial charge in [0.05, 0.1) is 5.56 Å². The molecule has 0 spiro atoms. The van der Waals surface area contributed by atoms with Gasteiger partial charge < -0.3 is 5.32 Å². The summed E-state index contributed by atoms with van der Waals surface area (Å²) in [5.41, 5.74) is -0.265. The zero-order valence-electron chi connectivity index (χ0n) is 10.6. The Morgan fingerprint density at radius 2 is 1.89 bits per heavy atom. The minimum absolute atomic E-state index is 0.283. The summed E-state index contributed by atoms with van der Waals surface area (Å²) in [5, 5.41) is 2.97. The number of alkyl halides is 3. The van der Waals surface area contributed by atoms with E-state index in [-0.39, 0.29) is 6.04 Å². The Bertz CT molecular complexity index is 402. The molecule has 0 heterocycles. The highest BCUT2D eigenvalue weighted by molar-refractivity contribution is 9.10. The van der Waals surface area contributed by atoms with Crippen molar-refractivity contribution in [1.29, 1.82) is 0 Å². The number of rotatable bonds is 4. The third-order valence-corrected chi connectivity index (χ3v) is 3.24. The lowest BCUT2D eigenvalue weighted by Crippen LogP contribution is -2.22. The van der Waals surface area contributed by atoms with Gasteiger partial charge in [-0.3, -0.25) is 0 Å². The fourth-order valence-corrected chi connectivity index (χ4v) is 2.31. The van der Waals surface area contributed by atoms with Crippen LogP contribution in [0.3, 0.4) is 0 Å². The quantitative estimate of drug-likeness (QED) is 0.841. The molecule has 0 fully saturated rings. The molecule has 0 bridgehead atoms. The molecule has 5 heteroatoms. The summed E-state index contributed by atoms with van der Waals surface area (Å²) in [6, 6.07) is 4.04. The molecule has 0 aliphatic rings. The molecular formula is C13H17BrF3N. The molecule has 0 saturated carbocycles. The summed E-state index contributed by atoms with van der Waals surface area (Å²) < 4.78 is 39.5. The lowest BCUT2D eigenvalue weighted by molar-refractivity contribution is -0.138. The SMILES string of the molecule is CNC(CC(C)C)c1ccc(Br)cc1C(F)(F)F. The van der Waals surface area contributed by atoms with Crippen molar-refractivity contribution in [3.8, 4) is 0 Å². The normalized spacial score (nSPS) is 14.0. The molecule has 1 aromatic rings. The van der Waals surface area contributed by atoms with Crippen LogP contribution in [0.25, 0.3) is 0 Å². The van der Waals surface area contributed by atoms with E-state index < -0.39 is 11.7 Å². The zero-order chi connectivity index (χ0) is 13.9. The Kier molecular flexibility index (Phi) is 5.22. The summed E-state index contributed by atoms with van der Waals surface area (Å²) in [5.74, 6) is 0.326. The third-order valence-electron chi connectivity index (χ3n) is 2.75. The van der Waals surface area contributed by atoms with Crippen LogP contribution in [0.4, 0.5) is 13.2 Å². The predicted octanol–water partition coefficient (Wildman–Crippen LogP) is 4.77. The van der Waals surface area contributed by atoms with Crippen LogP contribution in [0, 0.1) is 5.92 Å². The smallest absolute Gasteiger partial charge is 0.313 e. The molecular weight excluding hydrogens is 307 g/mol. The van der Waals surface area contributed by atoms with Crippen LogP contribution in [0.5, 0.6) is 0 Å². The molecule has 0 aliphatic carbocycles. The van der Waals surface area contributed by atoms with Crippen molar-refractivity contribution < 1.29 is 13.2 Å². The van der Waals surface area contributed by atoms with Gasteiger partial charge in [0.25, 0.3) is 0 Å². The monoisotopic (exact) mass is 323 g/mol. The fraction of sp³-hybridized carbons (Fsp3) is 0.538. The van der Waals surface area contributed by atoms with Gasteiger partial charge in [-0.05, 0) is 37.1 Å². The van der Waals surface area contributed by atoms with E-state index in [1.807, 2.05) is 13.8 Å². The van der Waals surface area contributed by atoms with Gasteiger partial charge in [-0.1, -0.05) is 35.8 Å². The van der Waals surface area contributed by atoms with E-state index >= 15 is 0 Å². The first-order valence-electron chi connectivity index (χ1n) is 5.79. The minimum atomic E-state index is -4.33. The molecule has 0 radical (unpaired) electrons. The minimum Gasteiger partial charge on any atom is -0.313 e. The summed E-state index contributed by atoms with van der Waals surface area (Å²) in [7, 11) is 1.69. The second-order valence-electron chi connectivity index (χ2n) is 4.70. The zero-order valence-corrected chi connectivity index (χ0v) is 12.2. The Labute approximate surface area is 114 Å². The van der Waals surface area contributed by atoms with Gasteiger partial charge in [0.15, 0.2) is 0 Å². The van der Waals surface area contributed by atoms with Crippen molar-refractivity contribution >= 4 is 15.9 Å². The molecule has 1 N–H and O–H groups in total. The first kappa shape index (κ1) is 15.5. The standard InChI is InChI=1S/C13H17BrF3N/c1-8(2)6-12(18-3)10-5-4-9(14)7-11(10)13(15,16)17/h4-5,7-8,12,18H,6H2,1-3H3. The maximum atomic E-state index is 13.0. The van der Waals surface area contributed by atoms with Crippen LogP contribution in [-0.4, -0.2) is 7.05 Å². The highest BCUT2D eigenvalue weighted by Gasteiger charge is 2.35. The highest BCUT2D eigenvalue weighted by atomic mass is 79.9. The number of hydrogen-bond donors (Lipinski definition) is 1. The summed E-state index contributed by atoms with van der Waals surface area (Å²) in [6.07, 6.45) is -3.66. The second-order valence-corrected chi connectivity index (χ2v) is 5.62. The summed E-state index contributed by atoms with van der Waals surface area (Å²) in [6.45, 7) is 3.99. The Morgan fingerprint density at radius 3 is 2.33 bits per heavy atom. The average Bonchev–Trinajstić information content (AvgIpc) is 2.24. The Hall–Kier alpha value is -0.550. The van der Waals surface area contributed by atoms with Crippen molar-refractivity contribution in [3.63, 3.8) is 0 Å². The van der Waals surface area contributed by atoms with Crippen LogP contribution in [0.1, 0.15) is 37.4 Å². The number of hydrogen-bond acceptors (Lipinski definition) is 1. The lowest BCUT2D eigenvalue weighted by Gasteiger charge is -2.23. The molecule has 0 amide bonds. The second kappa shape index (κ2) is 6.06. The number of halogens is 4. The van der Waals surface area contributed by atoms with E-state index in [1.54, 1.807) is 13.1 Å². The Morgan fingerprint density at radius 1 is 1.28 bits per heavy atom. The van der Waals surface area contributed by atoms with Gasteiger partial charge >= 0.3 is 6.18 Å². The van der Waals surface area contributed by atoms with Gasteiger partial charge in [0, 0.05) is 10.5 Å². The molecule has 0 aromatic heterocycles. The maximum absolute atomic E-state index is 13.0. The van der Waals surface area contributed by atoms with Crippen molar-refractivity contribution in [1.82, 2.24) is 5.32 Å². The van der Waals surface area contributed by atoms with Gasteiger partial charge in [-0.15, -0.1) is 0 Å². The van der Waals surface area contributed by atoms with Crippen molar-refractivity contribution in [2.75, 3.05) is 7.05 Å². The van der Waals surface area contributed by atoms with Crippen molar-refractivity contribution in [2.24, 2.45) is 5.92 Å². The maximum Gasteiger partial charge on any atom is 0.416 e. The first-order chi connectivity index (χ1) is 8.25. The molecule has 1 atom stereocenters. The lowest BCUT2D eigenvalue weighted by atomic mass is 9.93. The molecule has 102 valence electrons. The fourth-order valence-electron chi connectivity index (χ4n) is 1.95. The van der Waals surface area contributed by atoms with E-state index in [0.717, 1.165) is 6.07 Å². The van der Waals surface area contributed by atoms with Crippen LogP contribution < -0.4 is 5.32 Å². The molecule has 1 nitrogen and oxygen atoms in total. The largest absolute Gasteiger partial charge is 0.416 e. The van der Waals surface area contributed by atoms with Crippen LogP contribution in [0.15, 0.2) is 22.7 Å². The topological polar surface area (TPSA) is 12.0 Å². The molecule has 0 saturated heterocycles. The van der Waals surface area contributed by atoms with E-state index in [4.69, 9.17) is 0 Å². The van der Waals surface area contributed by atoms with Gasteiger partial charge in [0.1, 0.15) is 0 Å². The molecule has 0 aliphatic heterocycles. The van der Waals surface area contributed by atoms with Gasteiger partial charge in [-0.2, -0.15) is 13.2 Å². The predicted molar refractivity (Wildman–Crippen MR) is 70.4 cm³/mol. The van der Waals surface area contributed by atoms with E-state index in [9.17, 15) is 13.2 Å². The molecule has 1 unspecified atom stereocenters. The number of nitrogens with one attached hydrogen (secondary N) is 1. The Balaban J connectivity index is 3.21. The van der Waals surface area contributed by atoms with E-state index in [1.165, 1.54) is 6.07 Å². The number of benzene rings is 1. The van der Waals surface area contributed by atoms with Crippen LogP contribution in [0.2, 0.25) is 0 Å². The molecule has 1 aromatic carbocycles. The first-order valence-corrected chi connectivity index (χ1v) is 6.59. The van der Waals surface area contributed by atoms with E-state index in [0.29, 0.717) is 22.4 Å². The van der Waals surface area contributed by atoms with Gasteiger partial charge in [-0.25, -0.2) is 0 Å². The van der Waals surface area contributed by atoms with Crippen molar-refractivity contribution in [2.45, 2.75) is 32.5 Å². The van der Waals surface area contributed by atoms with Gasteiger partial charge in [0.2, 0.25) is 0 Å². The van der Waals surface area contributed by atoms with Crippen molar-refractivity contribution in [3.05, 3.63) is 33.8 Å².